The van der Waals surface area contributed by atoms with Crippen LogP contribution in [0, 0.1) is 13.8 Å². The van der Waals surface area contributed by atoms with Gasteiger partial charge in [0.15, 0.2) is 0 Å². The van der Waals surface area contributed by atoms with Crippen molar-refractivity contribution in [2.75, 3.05) is 14.2 Å². The molecule has 0 heterocycles. The molecule has 0 saturated heterocycles. The van der Waals surface area contributed by atoms with E-state index < -0.39 is 0 Å². The Hall–Kier alpha value is -2.48. The maximum atomic E-state index is 5.53. The Bertz CT molecular complexity index is 717. The van der Waals surface area contributed by atoms with E-state index in [1.807, 2.05) is 0 Å². The molecule has 0 spiro atoms. The normalized spacial score (nSPS) is 12.2. The lowest BCUT2D eigenvalue weighted by Crippen LogP contribution is -1.94. The summed E-state index contributed by atoms with van der Waals surface area (Å²) >= 11 is 0. The van der Waals surface area contributed by atoms with Crippen LogP contribution < -0.4 is 9.47 Å². The zero-order chi connectivity index (χ0) is 15.7. The molecule has 0 aromatic heterocycles. The minimum atomic E-state index is 0.882. The van der Waals surface area contributed by atoms with Crippen molar-refractivity contribution >= 4 is 24.3 Å². The van der Waals surface area contributed by atoms with Crippen LogP contribution >= 0.6 is 0 Å². The minimum Gasteiger partial charge on any atom is -0.496 e. The molecule has 2 aromatic carbocycles. The van der Waals surface area contributed by atoms with Gasteiger partial charge in [-0.15, -0.1) is 0 Å². The molecule has 0 amide bonds. The Morgan fingerprint density at radius 3 is 1.27 bits per heavy atom. The van der Waals surface area contributed by atoms with Gasteiger partial charge in [0.25, 0.3) is 0 Å². The van der Waals surface area contributed by atoms with E-state index in [1.54, 1.807) is 14.2 Å². The van der Waals surface area contributed by atoms with Crippen molar-refractivity contribution in [2.24, 2.45) is 0 Å². The topological polar surface area (TPSA) is 18.5 Å². The van der Waals surface area contributed by atoms with Crippen LogP contribution in [0.5, 0.6) is 11.5 Å². The summed E-state index contributed by atoms with van der Waals surface area (Å²) in [5.74, 6) is 1.76. The third kappa shape index (κ3) is 2.52. The van der Waals surface area contributed by atoms with Gasteiger partial charge in [0.05, 0.1) is 14.2 Å². The molecule has 0 unspecified atom stereocenters. The summed E-state index contributed by atoms with van der Waals surface area (Å²) in [4.78, 5) is 0. The van der Waals surface area contributed by atoms with Crippen molar-refractivity contribution in [3.8, 4) is 11.5 Å². The smallest absolute Gasteiger partial charge is 0.126 e. The van der Waals surface area contributed by atoms with Crippen molar-refractivity contribution in [2.45, 2.75) is 13.8 Å². The molecule has 2 nitrogen and oxygen atoms in total. The van der Waals surface area contributed by atoms with Crippen LogP contribution in [0.3, 0.4) is 0 Å². The molecule has 0 aliphatic heterocycles. The Kier molecular flexibility index (Phi) is 3.76. The fourth-order valence-electron chi connectivity index (χ4n) is 2.78. The zero-order valence-electron chi connectivity index (χ0n) is 13.4. The van der Waals surface area contributed by atoms with Gasteiger partial charge < -0.3 is 9.47 Å². The molecule has 0 atom stereocenters. The maximum absolute atomic E-state index is 5.53. The van der Waals surface area contributed by atoms with Crippen LogP contribution in [0.4, 0.5) is 0 Å². The number of hydrogen-bond donors (Lipinski definition) is 0. The first kappa shape index (κ1) is 14.5. The summed E-state index contributed by atoms with van der Waals surface area (Å²) < 4.78 is 11.1. The highest BCUT2D eigenvalue weighted by Crippen LogP contribution is 2.31. The van der Waals surface area contributed by atoms with Crippen LogP contribution in [0.2, 0.25) is 0 Å². The predicted molar refractivity (Wildman–Crippen MR) is 93.3 cm³/mol. The fraction of sp³-hybridized carbons (Fsp3) is 0.200. The quantitative estimate of drug-likeness (QED) is 0.663. The van der Waals surface area contributed by atoms with E-state index in [-0.39, 0.29) is 0 Å². The van der Waals surface area contributed by atoms with E-state index in [1.165, 1.54) is 11.1 Å². The van der Waals surface area contributed by atoms with E-state index >= 15 is 0 Å². The zero-order valence-corrected chi connectivity index (χ0v) is 13.4. The van der Waals surface area contributed by atoms with E-state index in [4.69, 9.17) is 9.47 Å². The predicted octanol–water partition coefficient (Wildman–Crippen LogP) is 4.97. The average Bonchev–Trinajstić information content (AvgIpc) is 2.51. The highest BCUT2D eigenvalue weighted by molar-refractivity contribution is 5.82. The van der Waals surface area contributed by atoms with Gasteiger partial charge in [-0.2, -0.15) is 0 Å². The van der Waals surface area contributed by atoms with Crippen LogP contribution in [-0.4, -0.2) is 14.2 Å². The average molecular weight is 292 g/mol. The molecular weight excluding hydrogens is 272 g/mol. The summed E-state index contributed by atoms with van der Waals surface area (Å²) in [5, 5.41) is 0. The second kappa shape index (κ2) is 5.72. The molecule has 0 saturated carbocycles. The fourth-order valence-corrected chi connectivity index (χ4v) is 2.78. The SMILES string of the molecule is COc1cc2c(C)cc1C=Cc1cc(C)c(cc1OC)C=C2. The number of hydrogen-bond acceptors (Lipinski definition) is 2. The largest absolute Gasteiger partial charge is 0.496 e. The van der Waals surface area contributed by atoms with Crippen molar-refractivity contribution in [3.63, 3.8) is 0 Å². The molecule has 4 aliphatic rings. The summed E-state index contributed by atoms with van der Waals surface area (Å²) in [5.41, 5.74) is 6.93. The van der Waals surface area contributed by atoms with Gasteiger partial charge in [0, 0.05) is 11.1 Å². The van der Waals surface area contributed by atoms with Gasteiger partial charge in [-0.05, 0) is 60.4 Å². The number of aryl methyl sites for hydroxylation is 2. The van der Waals surface area contributed by atoms with Gasteiger partial charge in [0.2, 0.25) is 0 Å². The molecule has 4 bridgehead atoms. The molecule has 112 valence electrons. The third-order valence-electron chi connectivity index (χ3n) is 4.12. The van der Waals surface area contributed by atoms with Gasteiger partial charge in [-0.3, -0.25) is 0 Å². The first-order valence-electron chi connectivity index (χ1n) is 7.36. The van der Waals surface area contributed by atoms with E-state index in [2.05, 4.69) is 62.4 Å². The first-order chi connectivity index (χ1) is 10.6. The highest BCUT2D eigenvalue weighted by atomic mass is 16.5. The standard InChI is InChI=1S/C20H20O2/c1-13-9-17-7-8-18-10-14(2)16(12-20(18)22-4)6-5-15(13)11-19(17)21-3/h5-12H,1-4H3. The molecule has 0 N–H and O–H groups in total. The summed E-state index contributed by atoms with van der Waals surface area (Å²) in [7, 11) is 3.42. The van der Waals surface area contributed by atoms with E-state index in [0.717, 1.165) is 33.8 Å². The van der Waals surface area contributed by atoms with Crippen molar-refractivity contribution in [3.05, 3.63) is 57.6 Å². The molecule has 6 rings (SSSR count). The van der Waals surface area contributed by atoms with Crippen LogP contribution in [0.25, 0.3) is 24.3 Å². The Labute approximate surface area is 131 Å². The lowest BCUT2D eigenvalue weighted by atomic mass is 9.97. The Morgan fingerprint density at radius 2 is 0.909 bits per heavy atom. The lowest BCUT2D eigenvalue weighted by molar-refractivity contribution is 0.413. The van der Waals surface area contributed by atoms with Gasteiger partial charge >= 0.3 is 0 Å². The summed E-state index contributed by atoms with van der Waals surface area (Å²) in [6, 6.07) is 8.49. The van der Waals surface area contributed by atoms with Gasteiger partial charge in [0.1, 0.15) is 11.5 Å². The minimum absolute atomic E-state index is 0.882. The Morgan fingerprint density at radius 1 is 0.545 bits per heavy atom. The second-order valence-electron chi connectivity index (χ2n) is 5.57. The van der Waals surface area contributed by atoms with E-state index in [0.29, 0.717) is 0 Å². The van der Waals surface area contributed by atoms with Gasteiger partial charge in [-0.1, -0.05) is 24.3 Å². The Balaban J connectivity index is 2.29. The molecular formula is C20H20O2. The molecule has 0 radical (unpaired) electrons. The van der Waals surface area contributed by atoms with Crippen LogP contribution in [0.1, 0.15) is 33.4 Å². The molecule has 2 aromatic rings. The van der Waals surface area contributed by atoms with Crippen molar-refractivity contribution < 1.29 is 9.47 Å². The van der Waals surface area contributed by atoms with Crippen molar-refractivity contribution in [1.82, 2.24) is 0 Å². The second-order valence-corrected chi connectivity index (χ2v) is 5.57. The van der Waals surface area contributed by atoms with Crippen molar-refractivity contribution in [1.29, 1.82) is 0 Å². The monoisotopic (exact) mass is 292 g/mol. The number of methoxy groups -OCH3 is 2. The van der Waals surface area contributed by atoms with E-state index in [9.17, 15) is 0 Å². The van der Waals surface area contributed by atoms with Crippen LogP contribution in [0.15, 0.2) is 24.3 Å². The maximum Gasteiger partial charge on any atom is 0.126 e. The molecule has 22 heavy (non-hydrogen) atoms. The number of benzene rings is 2. The molecule has 0 fully saturated rings. The summed E-state index contributed by atoms with van der Waals surface area (Å²) in [6.45, 7) is 4.24. The number of rotatable bonds is 2. The lowest BCUT2D eigenvalue weighted by Gasteiger charge is -2.13. The molecule has 2 heteroatoms. The summed E-state index contributed by atoms with van der Waals surface area (Å²) in [6.07, 6.45) is 8.43. The number of ether oxygens (including phenoxy) is 2. The first-order valence-corrected chi connectivity index (χ1v) is 7.36. The van der Waals surface area contributed by atoms with Gasteiger partial charge in [-0.25, -0.2) is 0 Å². The molecule has 4 aliphatic carbocycles. The third-order valence-corrected chi connectivity index (χ3v) is 4.12. The van der Waals surface area contributed by atoms with Crippen LogP contribution in [-0.2, 0) is 0 Å². The highest BCUT2D eigenvalue weighted by Gasteiger charge is 2.09.